The van der Waals surface area contributed by atoms with Crippen molar-refractivity contribution in [3.63, 3.8) is 0 Å². The number of nitrogens with zero attached hydrogens (tertiary/aromatic N) is 1. The van der Waals surface area contributed by atoms with Gasteiger partial charge in [-0.2, -0.15) is 0 Å². The SMILES string of the molecule is CC(=Nc1ccccc1O)C1C(=O)CSC1=O. The number of rotatable bonds is 2. The molecule has 1 N–H and O–H groups in total. The number of phenols is 1. The van der Waals surface area contributed by atoms with Crippen molar-refractivity contribution in [2.75, 3.05) is 5.75 Å². The number of Topliss-reactive ketones (excluding diaryl/α,β-unsaturated/α-hetero) is 1. The van der Waals surface area contributed by atoms with Crippen LogP contribution in [0, 0.1) is 5.92 Å². The summed E-state index contributed by atoms with van der Waals surface area (Å²) in [5, 5.41) is 9.39. The van der Waals surface area contributed by atoms with E-state index in [1.807, 2.05) is 0 Å². The maximum atomic E-state index is 11.5. The minimum Gasteiger partial charge on any atom is -0.506 e. The van der Waals surface area contributed by atoms with Gasteiger partial charge in [0.15, 0.2) is 5.78 Å². The number of aliphatic imine (C=N–C) groups is 1. The van der Waals surface area contributed by atoms with Crippen LogP contribution in [0.4, 0.5) is 5.69 Å². The molecule has 1 atom stereocenters. The molecule has 1 fully saturated rings. The molecule has 0 spiro atoms. The zero-order valence-electron chi connectivity index (χ0n) is 9.21. The van der Waals surface area contributed by atoms with Gasteiger partial charge in [-0.25, -0.2) is 0 Å². The Morgan fingerprint density at radius 3 is 2.71 bits per heavy atom. The predicted octanol–water partition coefficient (Wildman–Crippen LogP) is 1.94. The van der Waals surface area contributed by atoms with Crippen LogP contribution in [-0.2, 0) is 9.59 Å². The molecule has 0 bridgehead atoms. The Morgan fingerprint density at radius 2 is 2.12 bits per heavy atom. The highest BCUT2D eigenvalue weighted by Crippen LogP contribution is 2.29. The molecule has 0 aliphatic carbocycles. The fourth-order valence-corrected chi connectivity index (χ4v) is 2.58. The highest BCUT2D eigenvalue weighted by atomic mass is 32.2. The van der Waals surface area contributed by atoms with E-state index in [9.17, 15) is 14.7 Å². The van der Waals surface area contributed by atoms with Crippen LogP contribution in [0.5, 0.6) is 5.75 Å². The summed E-state index contributed by atoms with van der Waals surface area (Å²) in [5.74, 6) is -0.606. The van der Waals surface area contributed by atoms with Gasteiger partial charge in [-0.1, -0.05) is 23.9 Å². The second-order valence-corrected chi connectivity index (χ2v) is 4.73. The first-order chi connectivity index (χ1) is 8.09. The largest absolute Gasteiger partial charge is 0.506 e. The number of carbonyl (C=O) groups excluding carboxylic acids is 2. The highest BCUT2D eigenvalue weighted by molar-refractivity contribution is 8.15. The molecule has 1 aliphatic heterocycles. The lowest BCUT2D eigenvalue weighted by molar-refractivity contribution is -0.122. The van der Waals surface area contributed by atoms with Gasteiger partial charge in [0, 0.05) is 5.71 Å². The third kappa shape index (κ3) is 2.39. The first-order valence-corrected chi connectivity index (χ1v) is 6.10. The molecule has 5 heteroatoms. The van der Waals surface area contributed by atoms with Crippen molar-refractivity contribution < 1.29 is 14.7 Å². The van der Waals surface area contributed by atoms with Crippen LogP contribution >= 0.6 is 11.8 Å². The van der Waals surface area contributed by atoms with Crippen LogP contribution in [0.25, 0.3) is 0 Å². The molecule has 1 heterocycles. The first-order valence-electron chi connectivity index (χ1n) is 5.12. The van der Waals surface area contributed by atoms with E-state index in [4.69, 9.17) is 0 Å². The van der Waals surface area contributed by atoms with E-state index in [2.05, 4.69) is 4.99 Å². The molecule has 1 aromatic carbocycles. The van der Waals surface area contributed by atoms with E-state index in [-0.39, 0.29) is 22.4 Å². The lowest BCUT2D eigenvalue weighted by Gasteiger charge is -2.06. The fraction of sp³-hybridized carbons (Fsp3) is 0.250. The van der Waals surface area contributed by atoms with Crippen LogP contribution < -0.4 is 0 Å². The summed E-state index contributed by atoms with van der Waals surface area (Å²) < 4.78 is 0. The van der Waals surface area contributed by atoms with Gasteiger partial charge in [0.2, 0.25) is 5.12 Å². The minimum absolute atomic E-state index is 0.0393. The predicted molar refractivity (Wildman–Crippen MR) is 66.8 cm³/mol. The average molecular weight is 249 g/mol. The van der Waals surface area contributed by atoms with Crippen molar-refractivity contribution in [1.29, 1.82) is 0 Å². The maximum absolute atomic E-state index is 11.5. The van der Waals surface area contributed by atoms with Gasteiger partial charge in [-0.15, -0.1) is 0 Å². The van der Waals surface area contributed by atoms with Gasteiger partial charge in [0.1, 0.15) is 17.4 Å². The summed E-state index contributed by atoms with van der Waals surface area (Å²) in [7, 11) is 0. The standard InChI is InChI=1S/C12H11NO3S/c1-7(11-10(15)6-17-12(11)16)13-8-4-2-3-5-9(8)14/h2-5,11,14H,6H2,1H3. The Labute approximate surface area is 103 Å². The van der Waals surface area contributed by atoms with E-state index >= 15 is 0 Å². The summed E-state index contributed by atoms with van der Waals surface area (Å²) in [6.45, 7) is 1.64. The normalized spacial score (nSPS) is 21.0. The number of thioether (sulfide) groups is 1. The number of ketones is 1. The Bertz CT molecular complexity index is 494. The number of hydrogen-bond acceptors (Lipinski definition) is 5. The van der Waals surface area contributed by atoms with Crippen LogP contribution in [-0.4, -0.2) is 27.5 Å². The van der Waals surface area contributed by atoms with Crippen molar-refractivity contribution >= 4 is 34.1 Å². The molecule has 2 rings (SSSR count). The van der Waals surface area contributed by atoms with E-state index in [1.54, 1.807) is 25.1 Å². The number of phenolic OH excluding ortho intramolecular Hbond substituents is 1. The molecule has 0 radical (unpaired) electrons. The van der Waals surface area contributed by atoms with E-state index in [0.29, 0.717) is 11.4 Å². The van der Waals surface area contributed by atoms with Crippen LogP contribution in [0.15, 0.2) is 29.3 Å². The van der Waals surface area contributed by atoms with Gasteiger partial charge >= 0.3 is 0 Å². The molecule has 1 aromatic rings. The van der Waals surface area contributed by atoms with Gasteiger partial charge in [0.05, 0.1) is 5.75 Å². The van der Waals surface area contributed by atoms with Gasteiger partial charge < -0.3 is 5.11 Å². The van der Waals surface area contributed by atoms with Gasteiger partial charge in [-0.05, 0) is 19.1 Å². The minimum atomic E-state index is -0.750. The third-order valence-corrected chi connectivity index (χ3v) is 3.46. The molecule has 4 nitrogen and oxygen atoms in total. The Hall–Kier alpha value is -1.62. The Kier molecular flexibility index (Phi) is 3.28. The fourth-order valence-electron chi connectivity index (χ4n) is 1.66. The molecule has 0 amide bonds. The average Bonchev–Trinajstić information content (AvgIpc) is 2.62. The monoisotopic (exact) mass is 249 g/mol. The van der Waals surface area contributed by atoms with Crippen LogP contribution in [0.1, 0.15) is 6.92 Å². The second-order valence-electron chi connectivity index (χ2n) is 3.75. The molecule has 17 heavy (non-hydrogen) atoms. The highest BCUT2D eigenvalue weighted by Gasteiger charge is 2.36. The molecular weight excluding hydrogens is 238 g/mol. The van der Waals surface area contributed by atoms with Crippen molar-refractivity contribution in [3.8, 4) is 5.75 Å². The Morgan fingerprint density at radius 1 is 1.41 bits per heavy atom. The summed E-state index contributed by atoms with van der Waals surface area (Å²) in [4.78, 5) is 27.2. The number of aromatic hydroxyl groups is 1. The van der Waals surface area contributed by atoms with Crippen LogP contribution in [0.2, 0.25) is 0 Å². The molecule has 1 unspecified atom stereocenters. The molecular formula is C12H11NO3S. The van der Waals surface area contributed by atoms with Crippen molar-refractivity contribution in [1.82, 2.24) is 0 Å². The number of carbonyl (C=O) groups is 2. The van der Waals surface area contributed by atoms with E-state index in [0.717, 1.165) is 11.8 Å². The molecule has 0 aromatic heterocycles. The zero-order valence-corrected chi connectivity index (χ0v) is 10.0. The van der Waals surface area contributed by atoms with E-state index in [1.165, 1.54) is 6.07 Å². The number of para-hydroxylation sites is 2. The number of hydrogen-bond donors (Lipinski definition) is 1. The quantitative estimate of drug-likeness (QED) is 0.642. The summed E-state index contributed by atoms with van der Waals surface area (Å²) in [5.41, 5.74) is 0.814. The van der Waals surface area contributed by atoms with Crippen LogP contribution in [0.3, 0.4) is 0 Å². The first kappa shape index (κ1) is 11.9. The van der Waals surface area contributed by atoms with Gasteiger partial charge in [0.25, 0.3) is 0 Å². The van der Waals surface area contributed by atoms with E-state index < -0.39 is 5.92 Å². The lowest BCUT2D eigenvalue weighted by Crippen LogP contribution is -2.22. The Balaban J connectivity index is 2.31. The maximum Gasteiger partial charge on any atom is 0.205 e. The van der Waals surface area contributed by atoms with Crippen molar-refractivity contribution in [3.05, 3.63) is 24.3 Å². The molecule has 0 saturated carbocycles. The topological polar surface area (TPSA) is 66.7 Å². The second kappa shape index (κ2) is 4.71. The van der Waals surface area contributed by atoms with Crippen molar-refractivity contribution in [2.24, 2.45) is 10.9 Å². The molecule has 1 aliphatic rings. The third-order valence-electron chi connectivity index (χ3n) is 2.51. The summed E-state index contributed by atoms with van der Waals surface area (Å²) >= 11 is 1.02. The zero-order chi connectivity index (χ0) is 12.4. The van der Waals surface area contributed by atoms with Gasteiger partial charge in [-0.3, -0.25) is 14.6 Å². The molecule has 1 saturated heterocycles. The lowest BCUT2D eigenvalue weighted by atomic mass is 10.0. The smallest absolute Gasteiger partial charge is 0.205 e. The molecule has 88 valence electrons. The number of benzene rings is 1. The summed E-state index contributed by atoms with van der Waals surface area (Å²) in [6.07, 6.45) is 0. The summed E-state index contributed by atoms with van der Waals surface area (Å²) in [6, 6.07) is 6.57. The van der Waals surface area contributed by atoms with Crippen molar-refractivity contribution in [2.45, 2.75) is 6.92 Å².